The molecule has 22 heavy (non-hydrogen) atoms. The van der Waals surface area contributed by atoms with Crippen molar-refractivity contribution in [2.45, 2.75) is 13.8 Å². The van der Waals surface area contributed by atoms with E-state index in [1.807, 2.05) is 19.1 Å². The van der Waals surface area contributed by atoms with Crippen molar-refractivity contribution in [3.05, 3.63) is 28.2 Å². The number of anilines is 1. The van der Waals surface area contributed by atoms with Crippen molar-refractivity contribution in [2.75, 3.05) is 37.8 Å². The molecule has 3 rings (SSSR count). The van der Waals surface area contributed by atoms with Gasteiger partial charge < -0.3 is 18.9 Å². The summed E-state index contributed by atoms with van der Waals surface area (Å²) in [6.45, 7) is 7.37. The average molecular weight is 303 g/mol. The molecule has 0 saturated carbocycles. The number of nitrogens with zero attached hydrogens (tertiary/aromatic N) is 3. The Kier molecular flexibility index (Phi) is 4.02. The molecule has 0 bridgehead atoms. The molecular formula is C16H21N3O3. The fourth-order valence-corrected chi connectivity index (χ4v) is 2.84. The van der Waals surface area contributed by atoms with Crippen LogP contribution in [0.25, 0.3) is 11.0 Å². The van der Waals surface area contributed by atoms with E-state index in [1.54, 1.807) is 18.5 Å². The van der Waals surface area contributed by atoms with E-state index in [4.69, 9.17) is 9.47 Å². The molecule has 2 aromatic rings. The number of hydrogen-bond donors (Lipinski definition) is 0. The van der Waals surface area contributed by atoms with E-state index in [1.165, 1.54) is 0 Å². The predicted molar refractivity (Wildman–Crippen MR) is 85.9 cm³/mol. The minimum absolute atomic E-state index is 0.0902. The molecule has 1 fully saturated rings. The number of fused-ring (bicyclic) bond motifs is 1. The van der Waals surface area contributed by atoms with Crippen molar-refractivity contribution in [3.63, 3.8) is 0 Å². The number of benzene rings is 1. The first-order chi connectivity index (χ1) is 10.6. The molecule has 0 atom stereocenters. The summed E-state index contributed by atoms with van der Waals surface area (Å²) in [5, 5.41) is 0. The molecule has 1 aromatic carbocycles. The van der Waals surface area contributed by atoms with Gasteiger partial charge in [0, 0.05) is 31.9 Å². The lowest BCUT2D eigenvalue weighted by Gasteiger charge is -2.29. The highest BCUT2D eigenvalue weighted by atomic mass is 16.5. The summed E-state index contributed by atoms with van der Waals surface area (Å²) in [5.41, 5.74) is 3.00. The highest BCUT2D eigenvalue weighted by Crippen LogP contribution is 2.30. The van der Waals surface area contributed by atoms with Gasteiger partial charge in [-0.25, -0.2) is 4.98 Å². The Hall–Kier alpha value is -2.08. The molecule has 2 heterocycles. The summed E-state index contributed by atoms with van der Waals surface area (Å²) < 4.78 is 12.8. The summed E-state index contributed by atoms with van der Waals surface area (Å²) >= 11 is 0. The van der Waals surface area contributed by atoms with Crippen molar-refractivity contribution in [1.29, 1.82) is 0 Å². The Morgan fingerprint density at radius 1 is 1.32 bits per heavy atom. The van der Waals surface area contributed by atoms with Gasteiger partial charge in [-0.1, -0.05) is 0 Å². The molecule has 1 aromatic heterocycles. The van der Waals surface area contributed by atoms with Crippen LogP contribution in [-0.2, 0) is 11.8 Å². The molecule has 1 aliphatic heterocycles. The van der Waals surface area contributed by atoms with Gasteiger partial charge in [-0.3, -0.25) is 4.79 Å². The Labute approximate surface area is 129 Å². The summed E-state index contributed by atoms with van der Waals surface area (Å²) in [5.74, 6) is 0.702. The van der Waals surface area contributed by atoms with Crippen molar-refractivity contribution in [3.8, 4) is 5.75 Å². The molecule has 6 nitrogen and oxygen atoms in total. The summed E-state index contributed by atoms with van der Waals surface area (Å²) in [7, 11) is 1.76. The molecule has 118 valence electrons. The van der Waals surface area contributed by atoms with Crippen LogP contribution in [0, 0.1) is 6.92 Å². The quantitative estimate of drug-likeness (QED) is 0.859. The lowest BCUT2D eigenvalue weighted by Crippen LogP contribution is -2.36. The predicted octanol–water partition coefficient (Wildman–Crippen LogP) is 1.48. The fraction of sp³-hybridized carbons (Fsp3) is 0.500. The monoisotopic (exact) mass is 303 g/mol. The molecule has 0 aliphatic carbocycles. The second-order valence-corrected chi connectivity index (χ2v) is 5.41. The van der Waals surface area contributed by atoms with Crippen molar-refractivity contribution in [2.24, 2.45) is 7.05 Å². The second kappa shape index (κ2) is 5.96. The van der Waals surface area contributed by atoms with Crippen molar-refractivity contribution in [1.82, 2.24) is 9.55 Å². The number of morpholine rings is 1. The standard InChI is InChI=1S/C16H21N3O3/c1-4-22-14-10-12(19-5-7-21-8-6-19)9-13-15(14)18(3)16(20)11(2)17-13/h9-10H,4-8H2,1-3H3. The summed E-state index contributed by atoms with van der Waals surface area (Å²) in [6.07, 6.45) is 0. The van der Waals surface area contributed by atoms with E-state index in [2.05, 4.69) is 9.88 Å². The van der Waals surface area contributed by atoms with Crippen LogP contribution in [0.2, 0.25) is 0 Å². The number of aryl methyl sites for hydroxylation is 2. The van der Waals surface area contributed by atoms with E-state index < -0.39 is 0 Å². The number of ether oxygens (including phenoxy) is 2. The van der Waals surface area contributed by atoms with Gasteiger partial charge >= 0.3 is 0 Å². The molecule has 0 N–H and O–H groups in total. The van der Waals surface area contributed by atoms with Crippen LogP contribution < -0.4 is 15.2 Å². The maximum atomic E-state index is 12.1. The number of hydrogen-bond acceptors (Lipinski definition) is 5. The molecular weight excluding hydrogens is 282 g/mol. The molecule has 0 spiro atoms. The number of rotatable bonds is 3. The Morgan fingerprint density at radius 3 is 2.73 bits per heavy atom. The van der Waals surface area contributed by atoms with E-state index in [9.17, 15) is 4.79 Å². The normalized spacial score (nSPS) is 15.3. The van der Waals surface area contributed by atoms with Gasteiger partial charge in [-0.2, -0.15) is 0 Å². The van der Waals surface area contributed by atoms with Gasteiger partial charge in [0.2, 0.25) is 0 Å². The molecule has 0 amide bonds. The van der Waals surface area contributed by atoms with Crippen molar-refractivity contribution < 1.29 is 9.47 Å². The SMILES string of the molecule is CCOc1cc(N2CCOCC2)cc2nc(C)c(=O)n(C)c12. The maximum absolute atomic E-state index is 12.1. The molecule has 0 radical (unpaired) electrons. The zero-order valence-corrected chi connectivity index (χ0v) is 13.3. The Bertz CT molecular complexity index is 748. The van der Waals surface area contributed by atoms with Crippen LogP contribution in [0.3, 0.4) is 0 Å². The second-order valence-electron chi connectivity index (χ2n) is 5.41. The third kappa shape index (κ3) is 2.54. The Balaban J connectivity index is 2.20. The third-order valence-electron chi connectivity index (χ3n) is 3.95. The third-order valence-corrected chi connectivity index (χ3v) is 3.95. The summed E-state index contributed by atoms with van der Waals surface area (Å²) in [6, 6.07) is 4.02. The first-order valence-electron chi connectivity index (χ1n) is 7.58. The highest BCUT2D eigenvalue weighted by Gasteiger charge is 2.17. The van der Waals surface area contributed by atoms with Crippen LogP contribution in [-0.4, -0.2) is 42.5 Å². The van der Waals surface area contributed by atoms with E-state index >= 15 is 0 Å². The van der Waals surface area contributed by atoms with E-state index in [0.29, 0.717) is 18.1 Å². The molecule has 6 heteroatoms. The maximum Gasteiger partial charge on any atom is 0.272 e. The first kappa shape index (κ1) is 14.8. The topological polar surface area (TPSA) is 56.6 Å². The fourth-order valence-electron chi connectivity index (χ4n) is 2.84. The van der Waals surface area contributed by atoms with Gasteiger partial charge in [-0.05, 0) is 19.9 Å². The zero-order valence-electron chi connectivity index (χ0n) is 13.3. The van der Waals surface area contributed by atoms with E-state index in [-0.39, 0.29) is 5.56 Å². The van der Waals surface area contributed by atoms with Gasteiger partial charge in [0.05, 0.1) is 25.3 Å². The average Bonchev–Trinajstić information content (AvgIpc) is 2.53. The first-order valence-corrected chi connectivity index (χ1v) is 7.58. The lowest BCUT2D eigenvalue weighted by molar-refractivity contribution is 0.122. The lowest BCUT2D eigenvalue weighted by atomic mass is 10.2. The van der Waals surface area contributed by atoms with Crippen LogP contribution in [0.15, 0.2) is 16.9 Å². The zero-order chi connectivity index (χ0) is 15.7. The summed E-state index contributed by atoms with van der Waals surface area (Å²) in [4.78, 5) is 18.9. The van der Waals surface area contributed by atoms with Gasteiger partial charge in [0.25, 0.3) is 5.56 Å². The van der Waals surface area contributed by atoms with Crippen LogP contribution in [0.1, 0.15) is 12.6 Å². The minimum Gasteiger partial charge on any atom is -0.492 e. The van der Waals surface area contributed by atoms with Gasteiger partial charge in [0.15, 0.2) is 0 Å². The van der Waals surface area contributed by atoms with Gasteiger partial charge in [0.1, 0.15) is 17.0 Å². The van der Waals surface area contributed by atoms with Crippen LogP contribution in [0.4, 0.5) is 5.69 Å². The molecule has 1 saturated heterocycles. The minimum atomic E-state index is -0.0902. The van der Waals surface area contributed by atoms with Crippen molar-refractivity contribution >= 4 is 16.7 Å². The molecule has 1 aliphatic rings. The Morgan fingerprint density at radius 2 is 2.05 bits per heavy atom. The molecule has 0 unspecified atom stereocenters. The number of aromatic nitrogens is 2. The largest absolute Gasteiger partial charge is 0.492 e. The van der Waals surface area contributed by atoms with Crippen LogP contribution in [0.5, 0.6) is 5.75 Å². The van der Waals surface area contributed by atoms with Crippen LogP contribution >= 0.6 is 0 Å². The highest BCUT2D eigenvalue weighted by molar-refractivity contribution is 5.86. The van der Waals surface area contributed by atoms with Gasteiger partial charge in [-0.15, -0.1) is 0 Å². The van der Waals surface area contributed by atoms with E-state index in [0.717, 1.165) is 43.0 Å². The smallest absolute Gasteiger partial charge is 0.272 e.